The molecule has 7 rings (SSSR count). The van der Waals surface area contributed by atoms with Crippen molar-refractivity contribution in [1.29, 1.82) is 0 Å². The molecule has 1 aromatic heterocycles. The predicted octanol–water partition coefficient (Wildman–Crippen LogP) is 5.74. The third kappa shape index (κ3) is 4.62. The van der Waals surface area contributed by atoms with Gasteiger partial charge in [-0.3, -0.25) is 9.69 Å². The molecule has 192 valence electrons. The molecule has 0 radical (unpaired) electrons. The van der Waals surface area contributed by atoms with E-state index in [1.807, 2.05) is 4.90 Å². The molecule has 4 saturated carbocycles. The summed E-state index contributed by atoms with van der Waals surface area (Å²) in [6.07, 6.45) is 5.31. The van der Waals surface area contributed by atoms with Crippen molar-refractivity contribution in [2.24, 2.45) is 23.2 Å². The first-order chi connectivity index (χ1) is 17.2. The lowest BCUT2D eigenvalue weighted by molar-refractivity contribution is -0.138. The summed E-state index contributed by atoms with van der Waals surface area (Å²) in [6.45, 7) is 0.865. The highest BCUT2D eigenvalue weighted by atomic mass is 19.4. The molecule has 9 heteroatoms. The number of rotatable bonds is 5. The summed E-state index contributed by atoms with van der Waals surface area (Å²) < 4.78 is 53.7. The van der Waals surface area contributed by atoms with Crippen LogP contribution in [0.25, 0.3) is 0 Å². The van der Waals surface area contributed by atoms with Crippen LogP contribution in [0.3, 0.4) is 0 Å². The van der Waals surface area contributed by atoms with E-state index in [9.17, 15) is 22.4 Å². The van der Waals surface area contributed by atoms with Crippen molar-refractivity contribution >= 4 is 11.7 Å². The van der Waals surface area contributed by atoms with Crippen molar-refractivity contribution in [3.05, 3.63) is 52.7 Å². The third-order valence-corrected chi connectivity index (χ3v) is 8.82. The van der Waals surface area contributed by atoms with Gasteiger partial charge in [0.25, 0.3) is 0 Å². The van der Waals surface area contributed by atoms with Gasteiger partial charge in [0.1, 0.15) is 18.0 Å². The molecule has 2 heterocycles. The Kier molecular flexibility index (Phi) is 5.81. The Labute approximate surface area is 207 Å². The van der Waals surface area contributed by atoms with Crippen LogP contribution < -0.4 is 5.32 Å². The number of anilines is 1. The number of hydrogen-bond acceptors (Lipinski definition) is 4. The van der Waals surface area contributed by atoms with Crippen LogP contribution in [0.1, 0.15) is 67.3 Å². The average Bonchev–Trinajstić information content (AvgIpc) is 2.78. The third-order valence-electron chi connectivity index (χ3n) is 8.82. The number of amides is 1. The Hall–Kier alpha value is -2.55. The summed E-state index contributed by atoms with van der Waals surface area (Å²) in [5, 5.41) is 3.05. The first-order valence-corrected chi connectivity index (χ1v) is 12.9. The van der Waals surface area contributed by atoms with Crippen molar-refractivity contribution in [3.8, 4) is 0 Å². The van der Waals surface area contributed by atoms with Crippen LogP contribution in [0, 0.1) is 29.0 Å². The maximum absolute atomic E-state index is 13.5. The summed E-state index contributed by atoms with van der Waals surface area (Å²) in [6, 6.07) is 2.80. The fourth-order valence-corrected chi connectivity index (χ4v) is 7.87. The van der Waals surface area contributed by atoms with Crippen LogP contribution in [0.2, 0.25) is 0 Å². The maximum atomic E-state index is 13.5. The molecule has 2 aromatic rings. The minimum absolute atomic E-state index is 0.00131. The average molecular weight is 503 g/mol. The zero-order chi connectivity index (χ0) is 25.1. The normalized spacial score (nSPS) is 29.3. The standard InChI is InChI=1S/C27H30F4N4O/c28-20-2-1-19(22(8-20)27(29,30)31)13-35-4-3-21-23(14-35)32-15-33-25(21)34-24(36)12-26-9-16-5-17(10-26)7-18(6-16)11-26/h1-2,8,15-18H,3-7,9-14H2,(H,32,33,34,36). The van der Waals surface area contributed by atoms with Crippen molar-refractivity contribution in [2.45, 2.75) is 70.6 Å². The second-order valence-corrected chi connectivity index (χ2v) is 11.5. The second kappa shape index (κ2) is 8.78. The molecule has 0 saturated heterocycles. The number of carbonyl (C=O) groups is 1. The van der Waals surface area contributed by atoms with E-state index in [1.165, 1.54) is 31.7 Å². The molecule has 0 unspecified atom stereocenters. The molecule has 1 amide bonds. The number of hydrogen-bond donors (Lipinski definition) is 1. The largest absolute Gasteiger partial charge is 0.416 e. The molecule has 1 aromatic carbocycles. The molecule has 1 N–H and O–H groups in total. The van der Waals surface area contributed by atoms with E-state index < -0.39 is 17.6 Å². The number of carbonyl (C=O) groups excluding carboxylic acids is 1. The Morgan fingerprint density at radius 1 is 1.08 bits per heavy atom. The highest BCUT2D eigenvalue weighted by molar-refractivity contribution is 5.91. The molecule has 4 aliphatic carbocycles. The van der Waals surface area contributed by atoms with E-state index in [2.05, 4.69) is 15.3 Å². The van der Waals surface area contributed by atoms with Gasteiger partial charge in [-0.25, -0.2) is 14.4 Å². The smallest absolute Gasteiger partial charge is 0.310 e. The highest BCUT2D eigenvalue weighted by Gasteiger charge is 2.51. The first-order valence-electron chi connectivity index (χ1n) is 12.9. The van der Waals surface area contributed by atoms with Crippen LogP contribution in [-0.2, 0) is 30.5 Å². The molecule has 1 aliphatic heterocycles. The number of nitrogens with zero attached hydrogens (tertiary/aromatic N) is 3. The predicted molar refractivity (Wildman–Crippen MR) is 125 cm³/mol. The Bertz CT molecular complexity index is 1150. The molecule has 5 nitrogen and oxygen atoms in total. The van der Waals surface area contributed by atoms with Gasteiger partial charge in [-0.05, 0) is 85.8 Å². The number of nitrogens with one attached hydrogen (secondary N) is 1. The first kappa shape index (κ1) is 23.8. The zero-order valence-electron chi connectivity index (χ0n) is 20.1. The van der Waals surface area contributed by atoms with E-state index in [4.69, 9.17) is 0 Å². The Morgan fingerprint density at radius 2 is 1.78 bits per heavy atom. The van der Waals surface area contributed by atoms with Gasteiger partial charge in [-0.2, -0.15) is 13.2 Å². The van der Waals surface area contributed by atoms with Crippen molar-refractivity contribution in [1.82, 2.24) is 14.9 Å². The molecule has 4 fully saturated rings. The molecular weight excluding hydrogens is 472 g/mol. The second-order valence-electron chi connectivity index (χ2n) is 11.5. The minimum atomic E-state index is -4.62. The van der Waals surface area contributed by atoms with Gasteiger partial charge < -0.3 is 5.32 Å². The molecular formula is C27H30F4N4O. The highest BCUT2D eigenvalue weighted by Crippen LogP contribution is 2.61. The zero-order valence-corrected chi connectivity index (χ0v) is 20.1. The molecule has 0 atom stereocenters. The van der Waals surface area contributed by atoms with E-state index in [0.29, 0.717) is 43.5 Å². The Balaban J connectivity index is 1.14. The maximum Gasteiger partial charge on any atom is 0.416 e. The quantitative estimate of drug-likeness (QED) is 0.530. The van der Waals surface area contributed by atoms with Crippen LogP contribution >= 0.6 is 0 Å². The van der Waals surface area contributed by atoms with Gasteiger partial charge in [0.05, 0.1) is 11.3 Å². The lowest BCUT2D eigenvalue weighted by Crippen LogP contribution is -2.47. The molecule has 36 heavy (non-hydrogen) atoms. The monoisotopic (exact) mass is 502 g/mol. The van der Waals surface area contributed by atoms with Gasteiger partial charge in [0, 0.05) is 31.6 Å². The number of benzene rings is 1. The lowest BCUT2D eigenvalue weighted by atomic mass is 9.49. The van der Waals surface area contributed by atoms with E-state index in [0.717, 1.165) is 48.6 Å². The fraction of sp³-hybridized carbons (Fsp3) is 0.593. The summed E-state index contributed by atoms with van der Waals surface area (Å²) >= 11 is 0. The molecule has 4 bridgehead atoms. The SMILES string of the molecule is O=C(CC12CC3CC(CC(C3)C1)C2)Nc1ncnc2c1CCN(Cc1ccc(F)cc1C(F)(F)F)C2. The number of fused-ring (bicyclic) bond motifs is 1. The summed E-state index contributed by atoms with van der Waals surface area (Å²) in [5.74, 6) is 1.95. The van der Waals surface area contributed by atoms with Crippen LogP contribution in [0.4, 0.5) is 23.4 Å². The van der Waals surface area contributed by atoms with Gasteiger partial charge in [-0.1, -0.05) is 6.07 Å². The number of halogens is 4. The van der Waals surface area contributed by atoms with Crippen molar-refractivity contribution in [2.75, 3.05) is 11.9 Å². The summed E-state index contributed by atoms with van der Waals surface area (Å²) in [7, 11) is 0. The van der Waals surface area contributed by atoms with Crippen molar-refractivity contribution in [3.63, 3.8) is 0 Å². The van der Waals surface area contributed by atoms with Gasteiger partial charge in [0.2, 0.25) is 5.91 Å². The fourth-order valence-electron chi connectivity index (χ4n) is 7.87. The minimum Gasteiger partial charge on any atom is -0.310 e. The number of aromatic nitrogens is 2. The topological polar surface area (TPSA) is 58.1 Å². The molecule has 5 aliphatic rings. The summed E-state index contributed by atoms with van der Waals surface area (Å²) in [4.78, 5) is 23.7. The lowest BCUT2D eigenvalue weighted by Gasteiger charge is -2.56. The van der Waals surface area contributed by atoms with Crippen molar-refractivity contribution < 1.29 is 22.4 Å². The number of alkyl halides is 3. The van der Waals surface area contributed by atoms with E-state index in [-0.39, 0.29) is 23.4 Å². The summed E-state index contributed by atoms with van der Waals surface area (Å²) in [5.41, 5.74) is 0.771. The van der Waals surface area contributed by atoms with Crippen LogP contribution in [0.15, 0.2) is 24.5 Å². The Morgan fingerprint density at radius 3 is 2.44 bits per heavy atom. The molecule has 0 spiro atoms. The van der Waals surface area contributed by atoms with Gasteiger partial charge in [-0.15, -0.1) is 0 Å². The van der Waals surface area contributed by atoms with Gasteiger partial charge in [0.15, 0.2) is 0 Å². The van der Waals surface area contributed by atoms with Gasteiger partial charge >= 0.3 is 6.18 Å². The van der Waals surface area contributed by atoms with Crippen LogP contribution in [-0.4, -0.2) is 27.3 Å². The van der Waals surface area contributed by atoms with E-state index >= 15 is 0 Å². The van der Waals surface area contributed by atoms with Crippen LogP contribution in [0.5, 0.6) is 0 Å². The van der Waals surface area contributed by atoms with E-state index in [1.54, 1.807) is 0 Å².